The first-order valence-corrected chi connectivity index (χ1v) is 7.39. The van der Waals surface area contributed by atoms with E-state index in [1.165, 1.54) is 11.8 Å². The molecule has 1 aliphatic rings. The van der Waals surface area contributed by atoms with Crippen molar-refractivity contribution in [2.24, 2.45) is 0 Å². The largest absolute Gasteiger partial charge is 0.481 e. The molecule has 21 heavy (non-hydrogen) atoms. The van der Waals surface area contributed by atoms with Gasteiger partial charge in [0.25, 0.3) is 0 Å². The van der Waals surface area contributed by atoms with Gasteiger partial charge in [-0.05, 0) is 17.7 Å². The molecule has 2 N–H and O–H groups in total. The molecule has 3 rings (SSSR count). The third-order valence-corrected chi connectivity index (χ3v) is 4.73. The van der Waals surface area contributed by atoms with E-state index in [1.807, 2.05) is 30.3 Å². The predicted molar refractivity (Wildman–Crippen MR) is 81.5 cm³/mol. The van der Waals surface area contributed by atoms with Crippen LogP contribution in [0.2, 0.25) is 0 Å². The van der Waals surface area contributed by atoms with Gasteiger partial charge in [0.1, 0.15) is 11.2 Å². The van der Waals surface area contributed by atoms with Gasteiger partial charge in [0.2, 0.25) is 5.91 Å². The summed E-state index contributed by atoms with van der Waals surface area (Å²) in [6.45, 7) is 0. The Morgan fingerprint density at radius 1 is 1.10 bits per heavy atom. The molecule has 106 valence electrons. The van der Waals surface area contributed by atoms with Crippen LogP contribution < -0.4 is 5.32 Å². The zero-order valence-corrected chi connectivity index (χ0v) is 11.8. The number of para-hydroxylation sites is 1. The highest BCUT2D eigenvalue weighted by atomic mass is 32.2. The first-order chi connectivity index (χ1) is 10.2. The molecule has 2 aromatic rings. The third-order valence-electron chi connectivity index (χ3n) is 3.38. The van der Waals surface area contributed by atoms with Crippen molar-refractivity contribution in [3.8, 4) is 0 Å². The van der Waals surface area contributed by atoms with Crippen LogP contribution in [0, 0.1) is 0 Å². The summed E-state index contributed by atoms with van der Waals surface area (Å²) in [7, 11) is 0. The van der Waals surface area contributed by atoms with Crippen LogP contribution in [-0.4, -0.2) is 22.2 Å². The van der Waals surface area contributed by atoms with E-state index < -0.39 is 17.1 Å². The second-order valence-corrected chi connectivity index (χ2v) is 5.93. The maximum atomic E-state index is 12.3. The molecule has 4 nitrogen and oxygen atoms in total. The van der Waals surface area contributed by atoms with Crippen LogP contribution in [0.15, 0.2) is 59.5 Å². The van der Waals surface area contributed by atoms with E-state index in [9.17, 15) is 14.7 Å². The van der Waals surface area contributed by atoms with Crippen molar-refractivity contribution in [1.82, 2.24) is 0 Å². The lowest BCUT2D eigenvalue weighted by molar-refractivity contribution is -0.140. The van der Waals surface area contributed by atoms with Crippen molar-refractivity contribution in [3.05, 3.63) is 60.2 Å². The molecule has 2 atom stereocenters. The lowest BCUT2D eigenvalue weighted by Gasteiger charge is -2.28. The minimum Gasteiger partial charge on any atom is -0.481 e. The molecule has 0 fully saturated rings. The highest BCUT2D eigenvalue weighted by Crippen LogP contribution is 2.41. The van der Waals surface area contributed by atoms with Gasteiger partial charge in [0.15, 0.2) is 0 Å². The molecule has 0 spiro atoms. The van der Waals surface area contributed by atoms with E-state index in [0.717, 1.165) is 10.6 Å². The van der Waals surface area contributed by atoms with Gasteiger partial charge in [0.05, 0.1) is 5.69 Å². The van der Waals surface area contributed by atoms with E-state index in [4.69, 9.17) is 0 Å². The van der Waals surface area contributed by atoms with Crippen molar-refractivity contribution in [1.29, 1.82) is 0 Å². The summed E-state index contributed by atoms with van der Waals surface area (Å²) >= 11 is 1.30. The molecular weight excluding hydrogens is 286 g/mol. The fraction of sp³-hybridized carbons (Fsp3) is 0.125. The average Bonchev–Trinajstić information content (AvgIpc) is 2.49. The number of hydrogen-bond donors (Lipinski definition) is 2. The Morgan fingerprint density at radius 3 is 2.48 bits per heavy atom. The fourth-order valence-corrected chi connectivity index (χ4v) is 3.65. The lowest BCUT2D eigenvalue weighted by atomic mass is 9.95. The number of fused-ring (bicyclic) bond motifs is 1. The SMILES string of the molecule is O=C1Nc2ccccc2S[C@H]1[C@@H](C(=O)O)c1ccccc1. The Balaban J connectivity index is 1.98. The van der Waals surface area contributed by atoms with Crippen LogP contribution in [0.4, 0.5) is 5.69 Å². The Labute approximate surface area is 126 Å². The van der Waals surface area contributed by atoms with Gasteiger partial charge in [-0.2, -0.15) is 0 Å². The monoisotopic (exact) mass is 299 g/mol. The third kappa shape index (κ3) is 2.64. The minimum atomic E-state index is -0.992. The predicted octanol–water partition coefficient (Wildman–Crippen LogP) is 2.97. The maximum absolute atomic E-state index is 12.3. The van der Waals surface area contributed by atoms with Gasteiger partial charge in [-0.25, -0.2) is 0 Å². The van der Waals surface area contributed by atoms with Crippen LogP contribution in [0.5, 0.6) is 0 Å². The van der Waals surface area contributed by atoms with Crippen LogP contribution in [-0.2, 0) is 9.59 Å². The molecule has 1 aliphatic heterocycles. The minimum absolute atomic E-state index is 0.269. The molecule has 0 saturated carbocycles. The standard InChI is InChI=1S/C16H13NO3S/c18-15-14(21-12-9-5-4-8-11(12)17-15)13(16(19)20)10-6-2-1-3-7-10/h1-9,13-14H,(H,17,18)(H,19,20)/t13-,14-/m0/s1. The van der Waals surface area contributed by atoms with Gasteiger partial charge in [-0.1, -0.05) is 42.5 Å². The number of benzene rings is 2. The first kappa shape index (κ1) is 13.7. The van der Waals surface area contributed by atoms with E-state index in [-0.39, 0.29) is 5.91 Å². The summed E-state index contributed by atoms with van der Waals surface area (Å²) < 4.78 is 0. The van der Waals surface area contributed by atoms with Crippen LogP contribution in [0.1, 0.15) is 11.5 Å². The number of hydrogen-bond acceptors (Lipinski definition) is 3. The zero-order chi connectivity index (χ0) is 14.8. The van der Waals surface area contributed by atoms with Gasteiger partial charge in [-0.15, -0.1) is 11.8 Å². The number of aliphatic carboxylic acids is 1. The van der Waals surface area contributed by atoms with E-state index in [2.05, 4.69) is 5.32 Å². The molecular formula is C16H13NO3S. The quantitative estimate of drug-likeness (QED) is 0.914. The molecule has 0 saturated heterocycles. The summed E-state index contributed by atoms with van der Waals surface area (Å²) in [6, 6.07) is 16.3. The number of carbonyl (C=O) groups is 2. The highest BCUT2D eigenvalue weighted by Gasteiger charge is 2.38. The molecule has 1 amide bonds. The Kier molecular flexibility index (Phi) is 3.66. The molecule has 0 aliphatic carbocycles. The summed E-state index contributed by atoms with van der Waals surface area (Å²) in [4.78, 5) is 24.8. The number of anilines is 1. The number of amides is 1. The topological polar surface area (TPSA) is 66.4 Å². The van der Waals surface area contributed by atoms with Gasteiger partial charge < -0.3 is 10.4 Å². The summed E-state index contributed by atoms with van der Waals surface area (Å²) in [5, 5.41) is 11.7. The maximum Gasteiger partial charge on any atom is 0.312 e. The summed E-state index contributed by atoms with van der Waals surface area (Å²) in [5.41, 5.74) is 1.37. The summed E-state index contributed by atoms with van der Waals surface area (Å²) in [6.07, 6.45) is 0. The van der Waals surface area contributed by atoms with E-state index >= 15 is 0 Å². The smallest absolute Gasteiger partial charge is 0.312 e. The average molecular weight is 299 g/mol. The molecule has 0 unspecified atom stereocenters. The number of carboxylic acid groups (broad SMARTS) is 1. The normalized spacial score (nSPS) is 18.5. The fourth-order valence-electron chi connectivity index (χ4n) is 2.39. The second-order valence-electron chi connectivity index (χ2n) is 4.75. The lowest BCUT2D eigenvalue weighted by Crippen LogP contribution is -2.37. The van der Waals surface area contributed by atoms with Crippen LogP contribution >= 0.6 is 11.8 Å². The summed E-state index contributed by atoms with van der Waals surface area (Å²) in [5.74, 6) is -2.13. The molecule has 0 bridgehead atoms. The van der Waals surface area contributed by atoms with Gasteiger partial charge in [-0.3, -0.25) is 9.59 Å². The Hall–Kier alpha value is -2.27. The number of rotatable bonds is 3. The van der Waals surface area contributed by atoms with Crippen molar-refractivity contribution >= 4 is 29.3 Å². The van der Waals surface area contributed by atoms with E-state index in [0.29, 0.717) is 5.56 Å². The number of thioether (sulfide) groups is 1. The molecule has 0 radical (unpaired) electrons. The van der Waals surface area contributed by atoms with Crippen molar-refractivity contribution < 1.29 is 14.7 Å². The van der Waals surface area contributed by atoms with Crippen LogP contribution in [0.3, 0.4) is 0 Å². The van der Waals surface area contributed by atoms with Crippen LogP contribution in [0.25, 0.3) is 0 Å². The Morgan fingerprint density at radius 2 is 1.76 bits per heavy atom. The first-order valence-electron chi connectivity index (χ1n) is 6.51. The highest BCUT2D eigenvalue weighted by molar-refractivity contribution is 8.01. The zero-order valence-electron chi connectivity index (χ0n) is 11.0. The van der Waals surface area contributed by atoms with Gasteiger partial charge >= 0.3 is 5.97 Å². The van der Waals surface area contributed by atoms with Crippen molar-refractivity contribution in [2.45, 2.75) is 16.1 Å². The second kappa shape index (κ2) is 5.61. The molecule has 2 aromatic carbocycles. The van der Waals surface area contributed by atoms with Crippen molar-refractivity contribution in [3.63, 3.8) is 0 Å². The molecule has 1 heterocycles. The number of carboxylic acids is 1. The molecule has 5 heteroatoms. The Bertz CT molecular complexity index is 687. The number of nitrogens with one attached hydrogen (secondary N) is 1. The number of carbonyl (C=O) groups excluding carboxylic acids is 1. The van der Waals surface area contributed by atoms with E-state index in [1.54, 1.807) is 24.3 Å². The molecule has 0 aromatic heterocycles. The van der Waals surface area contributed by atoms with Crippen molar-refractivity contribution in [2.75, 3.05) is 5.32 Å². The van der Waals surface area contributed by atoms with Gasteiger partial charge in [0, 0.05) is 4.90 Å².